The summed E-state index contributed by atoms with van der Waals surface area (Å²) in [6.07, 6.45) is 1.89. The number of hydrogen-bond acceptors (Lipinski definition) is 7. The van der Waals surface area contributed by atoms with Crippen LogP contribution in [0.2, 0.25) is 0 Å². The fraction of sp³-hybridized carbons (Fsp3) is 0.381. The number of benzene rings is 1. The van der Waals surface area contributed by atoms with E-state index in [4.69, 9.17) is 9.47 Å². The summed E-state index contributed by atoms with van der Waals surface area (Å²) in [5, 5.41) is 3.05. The number of nitrogens with zero attached hydrogens (tertiary/aromatic N) is 3. The molecule has 0 radical (unpaired) electrons. The Kier molecular flexibility index (Phi) is 5.16. The zero-order valence-electron chi connectivity index (χ0n) is 16.5. The molecule has 7 nitrogen and oxygen atoms in total. The maximum Gasteiger partial charge on any atom is 0.262 e. The van der Waals surface area contributed by atoms with E-state index in [0.29, 0.717) is 28.6 Å². The normalized spacial score (nSPS) is 18.2. The van der Waals surface area contributed by atoms with Crippen LogP contribution in [0.15, 0.2) is 39.6 Å². The Morgan fingerprint density at radius 2 is 2.10 bits per heavy atom. The fourth-order valence-corrected chi connectivity index (χ4v) is 5.66. The van der Waals surface area contributed by atoms with Gasteiger partial charge in [0.25, 0.3) is 5.56 Å². The van der Waals surface area contributed by atoms with Crippen LogP contribution < -0.4 is 15.0 Å². The number of carbonyl (C=O) groups excluding carboxylic acids is 1. The highest BCUT2D eigenvalue weighted by Crippen LogP contribution is 2.38. The lowest BCUT2D eigenvalue weighted by molar-refractivity contribution is -0.129. The average molecular weight is 444 g/mol. The number of amides is 1. The highest BCUT2D eigenvalue weighted by atomic mass is 32.2. The van der Waals surface area contributed by atoms with Gasteiger partial charge in [0.1, 0.15) is 18.0 Å². The molecule has 9 heteroatoms. The predicted molar refractivity (Wildman–Crippen MR) is 117 cm³/mol. The van der Waals surface area contributed by atoms with Crippen molar-refractivity contribution in [3.05, 3.63) is 45.6 Å². The predicted octanol–water partition coefficient (Wildman–Crippen LogP) is 3.22. The molecule has 2 aliphatic rings. The van der Waals surface area contributed by atoms with Crippen LogP contribution in [0.4, 0.5) is 0 Å². The smallest absolute Gasteiger partial charge is 0.262 e. The lowest BCUT2D eigenvalue weighted by Gasteiger charge is -2.26. The summed E-state index contributed by atoms with van der Waals surface area (Å²) in [6, 6.07) is 7.76. The molecule has 1 fully saturated rings. The Morgan fingerprint density at radius 1 is 1.27 bits per heavy atom. The molecule has 4 heterocycles. The summed E-state index contributed by atoms with van der Waals surface area (Å²) in [5.41, 5.74) is 0.993. The van der Waals surface area contributed by atoms with Crippen molar-refractivity contribution in [1.82, 2.24) is 14.5 Å². The zero-order chi connectivity index (χ0) is 20.7. The summed E-state index contributed by atoms with van der Waals surface area (Å²) in [6.45, 7) is 1.83. The lowest BCUT2D eigenvalue weighted by Crippen LogP contribution is -2.32. The van der Waals surface area contributed by atoms with Gasteiger partial charge in [-0.05, 0) is 42.0 Å². The molecule has 0 bridgehead atoms. The Hall–Kier alpha value is -2.52. The first kappa shape index (κ1) is 19.4. The lowest BCUT2D eigenvalue weighted by atomic mass is 10.0. The molecule has 0 N–H and O–H groups in total. The van der Waals surface area contributed by atoms with Crippen molar-refractivity contribution in [1.29, 1.82) is 0 Å². The number of aromatic nitrogens is 2. The molecule has 2 aliphatic heterocycles. The maximum absolute atomic E-state index is 13.0. The van der Waals surface area contributed by atoms with Crippen LogP contribution >= 0.6 is 23.1 Å². The Bertz CT molecular complexity index is 1170. The van der Waals surface area contributed by atoms with E-state index < -0.39 is 0 Å². The highest BCUT2D eigenvalue weighted by Gasteiger charge is 2.31. The first-order chi connectivity index (χ1) is 14.6. The third kappa shape index (κ3) is 3.45. The molecular weight excluding hydrogens is 422 g/mol. The quantitative estimate of drug-likeness (QED) is 0.455. The third-order valence-electron chi connectivity index (χ3n) is 5.51. The van der Waals surface area contributed by atoms with E-state index in [9.17, 15) is 9.59 Å². The largest absolute Gasteiger partial charge is 0.486 e. The third-order valence-corrected chi connectivity index (χ3v) is 7.33. The number of carbonyl (C=O) groups is 1. The minimum atomic E-state index is -0.0773. The molecule has 1 aromatic carbocycles. The van der Waals surface area contributed by atoms with Crippen molar-refractivity contribution in [3.63, 3.8) is 0 Å². The van der Waals surface area contributed by atoms with Crippen molar-refractivity contribution < 1.29 is 14.3 Å². The van der Waals surface area contributed by atoms with Gasteiger partial charge in [0.15, 0.2) is 16.7 Å². The van der Waals surface area contributed by atoms with Crippen LogP contribution in [-0.4, -0.2) is 45.9 Å². The van der Waals surface area contributed by atoms with Crippen LogP contribution in [0.3, 0.4) is 0 Å². The number of hydrogen-bond donors (Lipinski definition) is 0. The van der Waals surface area contributed by atoms with E-state index in [1.807, 2.05) is 28.5 Å². The molecule has 1 amide bonds. The second-order valence-electron chi connectivity index (χ2n) is 7.33. The zero-order valence-corrected chi connectivity index (χ0v) is 18.1. The van der Waals surface area contributed by atoms with Crippen molar-refractivity contribution in [2.24, 2.45) is 7.05 Å². The Labute approximate surface area is 181 Å². The van der Waals surface area contributed by atoms with Gasteiger partial charge in [0, 0.05) is 13.6 Å². The van der Waals surface area contributed by atoms with E-state index in [-0.39, 0.29) is 23.3 Å². The van der Waals surface area contributed by atoms with Crippen molar-refractivity contribution in [2.75, 3.05) is 25.5 Å². The minimum Gasteiger partial charge on any atom is -0.486 e. The molecule has 30 heavy (non-hydrogen) atoms. The van der Waals surface area contributed by atoms with Crippen LogP contribution in [0, 0.1) is 0 Å². The molecule has 1 atom stereocenters. The van der Waals surface area contributed by atoms with Crippen LogP contribution in [-0.2, 0) is 11.8 Å². The van der Waals surface area contributed by atoms with E-state index >= 15 is 0 Å². The molecule has 1 unspecified atom stereocenters. The van der Waals surface area contributed by atoms with Crippen LogP contribution in [0.25, 0.3) is 10.2 Å². The van der Waals surface area contributed by atoms with Gasteiger partial charge < -0.3 is 14.4 Å². The molecule has 2 aromatic heterocycles. The summed E-state index contributed by atoms with van der Waals surface area (Å²) < 4.78 is 12.8. The first-order valence-electron chi connectivity index (χ1n) is 9.88. The maximum atomic E-state index is 13.0. The second-order valence-corrected chi connectivity index (χ2v) is 9.17. The van der Waals surface area contributed by atoms with Gasteiger partial charge in [-0.2, -0.15) is 0 Å². The molecular formula is C21H21N3O4S2. The van der Waals surface area contributed by atoms with Gasteiger partial charge in [-0.25, -0.2) is 4.98 Å². The van der Waals surface area contributed by atoms with Gasteiger partial charge in [0.05, 0.1) is 17.2 Å². The van der Waals surface area contributed by atoms with E-state index in [1.54, 1.807) is 13.1 Å². The summed E-state index contributed by atoms with van der Waals surface area (Å²) >= 11 is 2.75. The molecule has 3 aromatic rings. The van der Waals surface area contributed by atoms with E-state index in [1.165, 1.54) is 27.7 Å². The second kappa shape index (κ2) is 7.96. The number of fused-ring (bicyclic) bond motifs is 2. The fourth-order valence-electron chi connectivity index (χ4n) is 4.00. The van der Waals surface area contributed by atoms with Crippen LogP contribution in [0.5, 0.6) is 11.5 Å². The highest BCUT2D eigenvalue weighted by molar-refractivity contribution is 7.99. The standard InChI is InChI=1S/C21H21N3O4S2/c1-23-20(26)14-6-10-29-19(14)22-21(23)30-12-18(25)24-7-2-3-15(24)13-4-5-16-17(11-13)28-9-8-27-16/h4-6,10-11,15H,2-3,7-9,12H2,1H3. The molecule has 156 valence electrons. The van der Waals surface area contributed by atoms with Gasteiger partial charge in [0.2, 0.25) is 5.91 Å². The number of ether oxygens (including phenoxy) is 2. The van der Waals surface area contributed by atoms with Crippen molar-refractivity contribution in [3.8, 4) is 11.5 Å². The van der Waals surface area contributed by atoms with Gasteiger partial charge in [-0.3, -0.25) is 14.2 Å². The number of thioether (sulfide) groups is 1. The monoisotopic (exact) mass is 443 g/mol. The van der Waals surface area contributed by atoms with Crippen molar-refractivity contribution >= 4 is 39.2 Å². The topological polar surface area (TPSA) is 73.7 Å². The number of thiophene rings is 1. The van der Waals surface area contributed by atoms with Gasteiger partial charge in [-0.15, -0.1) is 11.3 Å². The Morgan fingerprint density at radius 3 is 2.97 bits per heavy atom. The van der Waals surface area contributed by atoms with Gasteiger partial charge in [-0.1, -0.05) is 17.8 Å². The average Bonchev–Trinajstić information content (AvgIpc) is 3.44. The number of rotatable bonds is 4. The first-order valence-corrected chi connectivity index (χ1v) is 11.7. The molecule has 1 saturated heterocycles. The van der Waals surface area contributed by atoms with Gasteiger partial charge >= 0.3 is 0 Å². The Balaban J connectivity index is 1.32. The minimum absolute atomic E-state index is 0.0329. The summed E-state index contributed by atoms with van der Waals surface area (Å²) in [7, 11) is 1.70. The molecule has 5 rings (SSSR count). The number of likely N-dealkylation sites (tertiary alicyclic amines) is 1. The van der Waals surface area contributed by atoms with Crippen LogP contribution in [0.1, 0.15) is 24.4 Å². The van der Waals surface area contributed by atoms with Crippen molar-refractivity contribution in [2.45, 2.75) is 24.0 Å². The summed E-state index contributed by atoms with van der Waals surface area (Å²) in [5.74, 6) is 1.80. The molecule has 0 saturated carbocycles. The SMILES string of the molecule is Cn1c(SCC(=O)N2CCCC2c2ccc3c(c2)OCCO3)nc2sccc2c1=O. The van der Waals surface area contributed by atoms with E-state index in [2.05, 4.69) is 4.98 Å². The molecule has 0 aliphatic carbocycles. The van der Waals surface area contributed by atoms with E-state index in [0.717, 1.165) is 36.4 Å². The molecule has 0 spiro atoms. The summed E-state index contributed by atoms with van der Waals surface area (Å²) in [4.78, 5) is 32.7.